The molecule has 0 aliphatic carbocycles. The Labute approximate surface area is 115 Å². The molecular formula is C15H12N2O3. The van der Waals surface area contributed by atoms with E-state index in [4.69, 9.17) is 9.26 Å². The predicted molar refractivity (Wildman–Crippen MR) is 73.4 cm³/mol. The molecule has 0 aliphatic heterocycles. The second kappa shape index (κ2) is 5.05. The Kier molecular flexibility index (Phi) is 3.09. The first-order valence-electron chi connectivity index (χ1n) is 6.03. The van der Waals surface area contributed by atoms with Crippen LogP contribution in [0.4, 0.5) is 0 Å². The van der Waals surface area contributed by atoms with Gasteiger partial charge in [0.05, 0.1) is 7.11 Å². The van der Waals surface area contributed by atoms with Crippen LogP contribution in [0.3, 0.4) is 0 Å². The number of hydrogen-bond donors (Lipinski definition) is 1. The van der Waals surface area contributed by atoms with Crippen molar-refractivity contribution in [2.45, 2.75) is 0 Å². The molecule has 3 rings (SSSR count). The number of hydrogen-bond acceptors (Lipinski definition) is 5. The number of rotatable bonds is 3. The summed E-state index contributed by atoms with van der Waals surface area (Å²) in [6.07, 6.45) is 1.68. The number of nitrogens with zero attached hydrogens (tertiary/aromatic N) is 2. The molecule has 1 N–H and O–H groups in total. The third kappa shape index (κ3) is 2.21. The summed E-state index contributed by atoms with van der Waals surface area (Å²) in [6, 6.07) is 12.3. The molecule has 0 spiro atoms. The molecule has 2 heterocycles. The predicted octanol–water partition coefficient (Wildman–Crippen LogP) is 3.12. The maximum absolute atomic E-state index is 9.98. The molecule has 0 saturated heterocycles. The number of phenols is 1. The van der Waals surface area contributed by atoms with Gasteiger partial charge in [0.25, 0.3) is 0 Å². The van der Waals surface area contributed by atoms with Crippen LogP contribution in [0.1, 0.15) is 0 Å². The lowest BCUT2D eigenvalue weighted by atomic mass is 10.1. The Morgan fingerprint density at radius 1 is 1.10 bits per heavy atom. The molecule has 2 aromatic heterocycles. The van der Waals surface area contributed by atoms with Crippen molar-refractivity contribution in [3.8, 4) is 34.2 Å². The summed E-state index contributed by atoms with van der Waals surface area (Å²) >= 11 is 0. The highest BCUT2D eigenvalue weighted by molar-refractivity contribution is 5.70. The van der Waals surface area contributed by atoms with Gasteiger partial charge in [0.15, 0.2) is 5.76 Å². The molecule has 0 saturated carbocycles. The SMILES string of the molecule is COc1ccc(-c2cc(-c3ccccn3)on2)c(O)c1. The van der Waals surface area contributed by atoms with E-state index < -0.39 is 0 Å². The maximum Gasteiger partial charge on any atom is 0.185 e. The molecule has 1 aromatic carbocycles. The zero-order valence-corrected chi connectivity index (χ0v) is 10.8. The number of aromatic nitrogens is 2. The topological polar surface area (TPSA) is 68.4 Å². The van der Waals surface area contributed by atoms with Gasteiger partial charge in [0.2, 0.25) is 0 Å². The van der Waals surface area contributed by atoms with E-state index in [1.165, 1.54) is 6.07 Å². The van der Waals surface area contributed by atoms with Gasteiger partial charge in [-0.25, -0.2) is 0 Å². The Morgan fingerprint density at radius 2 is 2.00 bits per heavy atom. The van der Waals surface area contributed by atoms with Crippen molar-refractivity contribution >= 4 is 0 Å². The van der Waals surface area contributed by atoms with Crippen molar-refractivity contribution in [2.75, 3.05) is 7.11 Å². The Bertz CT molecular complexity index is 723. The molecule has 5 heteroatoms. The molecule has 5 nitrogen and oxygen atoms in total. The van der Waals surface area contributed by atoms with Crippen molar-refractivity contribution in [1.29, 1.82) is 0 Å². The van der Waals surface area contributed by atoms with Crippen LogP contribution in [0.25, 0.3) is 22.7 Å². The Morgan fingerprint density at radius 3 is 2.70 bits per heavy atom. The fourth-order valence-corrected chi connectivity index (χ4v) is 1.89. The fraction of sp³-hybridized carbons (Fsp3) is 0.0667. The first-order chi connectivity index (χ1) is 9.78. The quantitative estimate of drug-likeness (QED) is 0.790. The standard InChI is InChI=1S/C15H12N2O3/c1-19-10-5-6-11(14(18)8-10)13-9-15(20-17-13)12-4-2-3-7-16-12/h2-9,18H,1H3. The molecule has 0 aliphatic rings. The van der Waals surface area contributed by atoms with Crippen molar-refractivity contribution in [3.63, 3.8) is 0 Å². The van der Waals surface area contributed by atoms with Crippen molar-refractivity contribution in [3.05, 3.63) is 48.7 Å². The van der Waals surface area contributed by atoms with Crippen molar-refractivity contribution < 1.29 is 14.4 Å². The summed E-state index contributed by atoms with van der Waals surface area (Å²) in [5.41, 5.74) is 1.82. The van der Waals surface area contributed by atoms with Crippen LogP contribution in [-0.4, -0.2) is 22.4 Å². The van der Waals surface area contributed by atoms with Crippen LogP contribution in [0, 0.1) is 0 Å². The van der Waals surface area contributed by atoms with Gasteiger partial charge in [-0.1, -0.05) is 11.2 Å². The fourth-order valence-electron chi connectivity index (χ4n) is 1.89. The number of aromatic hydroxyl groups is 1. The zero-order valence-electron chi connectivity index (χ0n) is 10.8. The van der Waals surface area contributed by atoms with Gasteiger partial charge < -0.3 is 14.4 Å². The van der Waals surface area contributed by atoms with Gasteiger partial charge in [-0.15, -0.1) is 0 Å². The van der Waals surface area contributed by atoms with E-state index in [1.54, 1.807) is 31.5 Å². The van der Waals surface area contributed by atoms with Crippen LogP contribution in [0.5, 0.6) is 11.5 Å². The average Bonchev–Trinajstić information content (AvgIpc) is 2.97. The highest BCUT2D eigenvalue weighted by atomic mass is 16.5. The molecule has 20 heavy (non-hydrogen) atoms. The summed E-state index contributed by atoms with van der Waals surface area (Å²) in [5.74, 6) is 1.22. The van der Waals surface area contributed by atoms with Gasteiger partial charge in [0.1, 0.15) is 22.9 Å². The van der Waals surface area contributed by atoms with Gasteiger partial charge in [-0.05, 0) is 24.3 Å². The second-order valence-electron chi connectivity index (χ2n) is 4.17. The average molecular weight is 268 g/mol. The number of ether oxygens (including phenoxy) is 1. The first-order valence-corrected chi connectivity index (χ1v) is 6.03. The minimum atomic E-state index is 0.0882. The third-order valence-electron chi connectivity index (χ3n) is 2.91. The van der Waals surface area contributed by atoms with E-state index in [0.29, 0.717) is 28.5 Å². The largest absolute Gasteiger partial charge is 0.507 e. The third-order valence-corrected chi connectivity index (χ3v) is 2.91. The van der Waals surface area contributed by atoms with Gasteiger partial charge in [-0.2, -0.15) is 0 Å². The van der Waals surface area contributed by atoms with E-state index >= 15 is 0 Å². The zero-order chi connectivity index (χ0) is 13.9. The highest BCUT2D eigenvalue weighted by Crippen LogP contribution is 2.33. The summed E-state index contributed by atoms with van der Waals surface area (Å²) < 4.78 is 10.3. The monoisotopic (exact) mass is 268 g/mol. The van der Waals surface area contributed by atoms with Crippen LogP contribution < -0.4 is 4.74 Å². The Hall–Kier alpha value is -2.82. The number of pyridine rings is 1. The number of methoxy groups -OCH3 is 1. The molecule has 0 unspecified atom stereocenters. The summed E-state index contributed by atoms with van der Waals surface area (Å²) in [5, 5.41) is 13.9. The van der Waals surface area contributed by atoms with Gasteiger partial charge in [-0.3, -0.25) is 4.98 Å². The van der Waals surface area contributed by atoms with Crippen molar-refractivity contribution in [1.82, 2.24) is 10.1 Å². The number of benzene rings is 1. The minimum Gasteiger partial charge on any atom is -0.507 e. The van der Waals surface area contributed by atoms with E-state index in [1.807, 2.05) is 18.2 Å². The van der Waals surface area contributed by atoms with Crippen LogP contribution in [-0.2, 0) is 0 Å². The van der Waals surface area contributed by atoms with Crippen LogP contribution >= 0.6 is 0 Å². The van der Waals surface area contributed by atoms with Gasteiger partial charge in [0, 0.05) is 23.9 Å². The summed E-state index contributed by atoms with van der Waals surface area (Å²) in [6.45, 7) is 0. The lowest BCUT2D eigenvalue weighted by Gasteiger charge is -2.03. The minimum absolute atomic E-state index is 0.0882. The first kappa shape index (κ1) is 12.2. The lowest BCUT2D eigenvalue weighted by molar-refractivity contribution is 0.407. The molecule has 0 bridgehead atoms. The van der Waals surface area contributed by atoms with Crippen LogP contribution in [0.15, 0.2) is 53.2 Å². The molecular weight excluding hydrogens is 256 g/mol. The maximum atomic E-state index is 9.98. The van der Waals surface area contributed by atoms with E-state index in [9.17, 15) is 5.11 Å². The van der Waals surface area contributed by atoms with Crippen molar-refractivity contribution in [2.24, 2.45) is 0 Å². The molecule has 0 amide bonds. The van der Waals surface area contributed by atoms with E-state index in [-0.39, 0.29) is 5.75 Å². The van der Waals surface area contributed by atoms with E-state index in [0.717, 1.165) is 0 Å². The normalized spacial score (nSPS) is 10.4. The lowest BCUT2D eigenvalue weighted by Crippen LogP contribution is -1.84. The molecule has 0 atom stereocenters. The second-order valence-corrected chi connectivity index (χ2v) is 4.17. The Balaban J connectivity index is 1.98. The van der Waals surface area contributed by atoms with Crippen LogP contribution in [0.2, 0.25) is 0 Å². The molecule has 0 fully saturated rings. The van der Waals surface area contributed by atoms with E-state index in [2.05, 4.69) is 10.1 Å². The highest BCUT2D eigenvalue weighted by Gasteiger charge is 2.13. The summed E-state index contributed by atoms with van der Waals surface area (Å²) in [7, 11) is 1.55. The molecule has 3 aromatic rings. The molecule has 100 valence electrons. The smallest absolute Gasteiger partial charge is 0.185 e. The molecule has 0 radical (unpaired) electrons. The number of phenolic OH excluding ortho intramolecular Hbond substituents is 1. The van der Waals surface area contributed by atoms with Gasteiger partial charge >= 0.3 is 0 Å². The summed E-state index contributed by atoms with van der Waals surface area (Å²) in [4.78, 5) is 4.19.